The van der Waals surface area contributed by atoms with Gasteiger partial charge in [-0.25, -0.2) is 4.39 Å². The van der Waals surface area contributed by atoms with Crippen LogP contribution in [0.4, 0.5) is 10.1 Å². The van der Waals surface area contributed by atoms with E-state index in [1.807, 2.05) is 6.92 Å². The van der Waals surface area contributed by atoms with E-state index in [0.29, 0.717) is 11.3 Å². The van der Waals surface area contributed by atoms with Crippen molar-refractivity contribution in [1.29, 1.82) is 0 Å². The molecule has 0 aliphatic carbocycles. The minimum absolute atomic E-state index is 0.0366. The Kier molecular flexibility index (Phi) is 5.66. The zero-order chi connectivity index (χ0) is 20.3. The molecule has 28 heavy (non-hydrogen) atoms. The lowest BCUT2D eigenvalue weighted by Crippen LogP contribution is -2.25. The maximum atomic E-state index is 13.2. The van der Waals surface area contributed by atoms with Crippen molar-refractivity contribution in [3.63, 3.8) is 0 Å². The molecule has 2 aromatic carbocycles. The van der Waals surface area contributed by atoms with E-state index < -0.39 is 21.7 Å². The lowest BCUT2D eigenvalue weighted by molar-refractivity contribution is 0.0947. The first-order valence-electron chi connectivity index (χ1n) is 8.11. The van der Waals surface area contributed by atoms with Crippen LogP contribution in [0.25, 0.3) is 0 Å². The van der Waals surface area contributed by atoms with Crippen LogP contribution in [-0.2, 0) is 16.6 Å². The average molecular weight is 423 g/mol. The van der Waals surface area contributed by atoms with Crippen molar-refractivity contribution < 1.29 is 17.6 Å². The number of carbonyl (C=O) groups excluding carboxylic acids is 1. The molecule has 1 heterocycles. The first-order valence-corrected chi connectivity index (χ1v) is 9.97. The van der Waals surface area contributed by atoms with Crippen molar-refractivity contribution in [2.75, 3.05) is 4.72 Å². The smallest absolute Gasteiger partial charge is 0.279 e. The van der Waals surface area contributed by atoms with Crippen LogP contribution in [0.3, 0.4) is 0 Å². The highest BCUT2D eigenvalue weighted by Crippen LogP contribution is 2.19. The van der Waals surface area contributed by atoms with Crippen LogP contribution in [0.1, 0.15) is 21.5 Å². The minimum Gasteiger partial charge on any atom is -0.348 e. The number of sulfonamides is 1. The lowest BCUT2D eigenvalue weighted by Gasteiger charge is -2.09. The van der Waals surface area contributed by atoms with Crippen LogP contribution in [0, 0.1) is 12.7 Å². The fourth-order valence-corrected chi connectivity index (χ4v) is 3.76. The largest absolute Gasteiger partial charge is 0.348 e. The summed E-state index contributed by atoms with van der Waals surface area (Å²) in [6.45, 7) is 1.92. The topological polar surface area (TPSA) is 104 Å². The van der Waals surface area contributed by atoms with Gasteiger partial charge in [0.05, 0.1) is 16.8 Å². The number of aromatic amines is 1. The van der Waals surface area contributed by atoms with Gasteiger partial charge in [-0.1, -0.05) is 35.4 Å². The van der Waals surface area contributed by atoms with E-state index in [1.54, 1.807) is 24.3 Å². The second kappa shape index (κ2) is 7.99. The number of H-pyrrole nitrogens is 1. The molecule has 0 spiro atoms. The van der Waals surface area contributed by atoms with Gasteiger partial charge in [0.2, 0.25) is 0 Å². The molecule has 3 rings (SSSR count). The van der Waals surface area contributed by atoms with Gasteiger partial charge >= 0.3 is 0 Å². The Hall–Kier alpha value is -2.91. The maximum Gasteiger partial charge on any atom is 0.279 e. The Bertz CT molecular complexity index is 1110. The summed E-state index contributed by atoms with van der Waals surface area (Å²) in [4.78, 5) is 12.4. The Morgan fingerprint density at radius 1 is 1.21 bits per heavy atom. The summed E-state index contributed by atoms with van der Waals surface area (Å²) in [5.74, 6) is -1.22. The van der Waals surface area contributed by atoms with Gasteiger partial charge in [0.15, 0.2) is 5.03 Å². The van der Waals surface area contributed by atoms with E-state index in [2.05, 4.69) is 20.2 Å². The van der Waals surface area contributed by atoms with Gasteiger partial charge in [-0.3, -0.25) is 14.6 Å². The summed E-state index contributed by atoms with van der Waals surface area (Å²) < 4.78 is 40.8. The quantitative estimate of drug-likeness (QED) is 0.567. The number of hydrogen-bond donors (Lipinski definition) is 3. The van der Waals surface area contributed by atoms with Crippen molar-refractivity contribution >= 4 is 33.2 Å². The number of carbonyl (C=O) groups is 1. The Labute approximate surface area is 166 Å². The number of aryl methyl sites for hydroxylation is 1. The van der Waals surface area contributed by atoms with Crippen LogP contribution in [0.2, 0.25) is 5.02 Å². The third-order valence-corrected chi connectivity index (χ3v) is 5.50. The number of anilines is 1. The molecule has 10 heteroatoms. The van der Waals surface area contributed by atoms with Crippen molar-refractivity contribution in [1.82, 2.24) is 15.5 Å². The highest BCUT2D eigenvalue weighted by Gasteiger charge is 2.25. The van der Waals surface area contributed by atoms with Gasteiger partial charge in [-0.05, 0) is 36.8 Å². The summed E-state index contributed by atoms with van der Waals surface area (Å²) in [5, 5.41) is 8.14. The zero-order valence-electron chi connectivity index (χ0n) is 14.7. The molecule has 0 unspecified atom stereocenters. The van der Waals surface area contributed by atoms with Crippen molar-refractivity contribution in [2.45, 2.75) is 18.5 Å². The second-order valence-corrected chi connectivity index (χ2v) is 8.04. The van der Waals surface area contributed by atoms with Crippen molar-refractivity contribution in [3.8, 4) is 0 Å². The lowest BCUT2D eigenvalue weighted by atomic mass is 10.2. The van der Waals surface area contributed by atoms with Crippen LogP contribution in [-0.4, -0.2) is 24.5 Å². The normalized spacial score (nSPS) is 11.2. The highest BCUT2D eigenvalue weighted by molar-refractivity contribution is 7.92. The van der Waals surface area contributed by atoms with Gasteiger partial charge in [0, 0.05) is 12.2 Å². The predicted octanol–water partition coefficient (Wildman–Crippen LogP) is 3.24. The van der Waals surface area contributed by atoms with Crippen LogP contribution >= 0.6 is 11.6 Å². The van der Waals surface area contributed by atoms with Gasteiger partial charge < -0.3 is 5.32 Å². The molecular weight excluding hydrogens is 407 g/mol. The van der Waals surface area contributed by atoms with Crippen molar-refractivity contribution in [2.24, 2.45) is 0 Å². The summed E-state index contributed by atoms with van der Waals surface area (Å²) in [6, 6.07) is 10.8. The molecule has 0 bridgehead atoms. The summed E-state index contributed by atoms with van der Waals surface area (Å²) in [5.41, 5.74) is 1.75. The third-order valence-electron chi connectivity index (χ3n) is 3.86. The first kappa shape index (κ1) is 19.8. The molecule has 0 aliphatic rings. The SMILES string of the molecule is Cc1ccc(NS(=O)(=O)c2[nH]ncc2C(=O)NCc2ccc(F)c(Cl)c2)cc1. The molecule has 146 valence electrons. The van der Waals surface area contributed by atoms with Crippen LogP contribution in [0.15, 0.2) is 53.7 Å². The zero-order valence-corrected chi connectivity index (χ0v) is 16.2. The fourth-order valence-electron chi connectivity index (χ4n) is 2.40. The highest BCUT2D eigenvalue weighted by atomic mass is 35.5. The Balaban J connectivity index is 1.75. The molecule has 0 aliphatic heterocycles. The average Bonchev–Trinajstić information content (AvgIpc) is 3.15. The molecule has 1 amide bonds. The summed E-state index contributed by atoms with van der Waals surface area (Å²) >= 11 is 5.71. The van der Waals surface area contributed by atoms with E-state index in [9.17, 15) is 17.6 Å². The number of nitrogens with one attached hydrogen (secondary N) is 3. The number of amides is 1. The second-order valence-electron chi connectivity index (χ2n) is 6.02. The van der Waals surface area contributed by atoms with Gasteiger partial charge in [-0.2, -0.15) is 13.5 Å². The number of hydrogen-bond acceptors (Lipinski definition) is 4. The van der Waals surface area contributed by atoms with E-state index in [0.717, 1.165) is 11.8 Å². The maximum absolute atomic E-state index is 13.2. The molecule has 1 aromatic heterocycles. The van der Waals surface area contributed by atoms with E-state index in [-0.39, 0.29) is 22.2 Å². The standard InChI is InChI=1S/C18H16ClFN4O3S/c1-11-2-5-13(6-3-11)24-28(26,27)18-14(10-22-23-18)17(25)21-9-12-4-7-16(20)15(19)8-12/h2-8,10,24H,9H2,1H3,(H,21,25)(H,22,23). The Morgan fingerprint density at radius 3 is 2.61 bits per heavy atom. The minimum atomic E-state index is -4.05. The monoisotopic (exact) mass is 422 g/mol. The predicted molar refractivity (Wildman–Crippen MR) is 103 cm³/mol. The van der Waals surface area contributed by atoms with Crippen molar-refractivity contribution in [3.05, 3.63) is 76.2 Å². The van der Waals surface area contributed by atoms with E-state index in [1.165, 1.54) is 18.2 Å². The number of aromatic nitrogens is 2. The number of nitrogens with zero attached hydrogens (tertiary/aromatic N) is 1. The first-order chi connectivity index (χ1) is 13.3. The molecule has 0 fully saturated rings. The summed E-state index contributed by atoms with van der Waals surface area (Å²) in [6.07, 6.45) is 1.12. The molecule has 0 saturated carbocycles. The molecule has 3 N–H and O–H groups in total. The summed E-state index contributed by atoms with van der Waals surface area (Å²) in [7, 11) is -4.05. The van der Waals surface area contributed by atoms with Gasteiger partial charge in [0.25, 0.3) is 15.9 Å². The van der Waals surface area contributed by atoms with Gasteiger partial charge in [-0.15, -0.1) is 0 Å². The number of benzene rings is 2. The fraction of sp³-hybridized carbons (Fsp3) is 0.111. The van der Waals surface area contributed by atoms with E-state index >= 15 is 0 Å². The molecular formula is C18H16ClFN4O3S. The number of halogens is 2. The molecule has 0 radical (unpaired) electrons. The van der Waals surface area contributed by atoms with Gasteiger partial charge in [0.1, 0.15) is 5.82 Å². The molecule has 3 aromatic rings. The number of rotatable bonds is 6. The van der Waals surface area contributed by atoms with Crippen LogP contribution < -0.4 is 10.0 Å². The molecule has 7 nitrogen and oxygen atoms in total. The molecule has 0 saturated heterocycles. The molecule has 0 atom stereocenters. The third kappa shape index (κ3) is 4.49. The Morgan fingerprint density at radius 2 is 1.93 bits per heavy atom. The van der Waals surface area contributed by atoms with Crippen LogP contribution in [0.5, 0.6) is 0 Å². The van der Waals surface area contributed by atoms with E-state index in [4.69, 9.17) is 11.6 Å².